The fraction of sp³-hybridized carbons (Fsp3) is 0.364. The topological polar surface area (TPSA) is 72.9 Å². The zero-order valence-corrected chi connectivity index (χ0v) is 11.1. The number of fused-ring (bicyclic) bond motifs is 3. The van der Waals surface area contributed by atoms with Gasteiger partial charge in [0.1, 0.15) is 17.2 Å². The Labute approximate surface area is 109 Å². The van der Waals surface area contributed by atoms with Gasteiger partial charge in [0.25, 0.3) is 0 Å². The van der Waals surface area contributed by atoms with Crippen LogP contribution in [-0.2, 0) is 7.05 Å². The summed E-state index contributed by atoms with van der Waals surface area (Å²) in [6.45, 7) is 2.05. The molecule has 0 aliphatic carbocycles. The van der Waals surface area contributed by atoms with Gasteiger partial charge in [-0.15, -0.1) is 0 Å². The zero-order valence-electron chi connectivity index (χ0n) is 10.3. The van der Waals surface area contributed by atoms with Gasteiger partial charge in [-0.05, 0) is 6.92 Å². The zero-order chi connectivity index (χ0) is 13.0. The second kappa shape index (κ2) is 3.58. The van der Waals surface area contributed by atoms with Crippen LogP contribution in [0.25, 0.3) is 11.3 Å². The van der Waals surface area contributed by atoms with Crippen molar-refractivity contribution in [2.75, 3.05) is 17.7 Å². The summed E-state index contributed by atoms with van der Waals surface area (Å²) < 4.78 is 0. The number of pyridine rings is 1. The minimum atomic E-state index is 0.0868. The van der Waals surface area contributed by atoms with Crippen molar-refractivity contribution >= 4 is 23.1 Å². The number of halogens is 1. The lowest BCUT2D eigenvalue weighted by Gasteiger charge is -2.32. The number of hydrogen-bond donors (Lipinski definition) is 1. The van der Waals surface area contributed by atoms with Crippen molar-refractivity contribution in [1.29, 1.82) is 0 Å². The lowest BCUT2D eigenvalue weighted by Crippen LogP contribution is -2.27. The van der Waals surface area contributed by atoms with Gasteiger partial charge in [0.05, 0.1) is 22.3 Å². The molecule has 0 spiro atoms. The molecule has 0 saturated carbocycles. The van der Waals surface area contributed by atoms with E-state index in [1.54, 1.807) is 18.0 Å². The van der Waals surface area contributed by atoms with Crippen LogP contribution < -0.4 is 10.6 Å². The van der Waals surface area contributed by atoms with Crippen molar-refractivity contribution in [1.82, 2.24) is 20.0 Å². The summed E-state index contributed by atoms with van der Waals surface area (Å²) in [7, 11) is 3.75. The molecule has 2 aromatic rings. The van der Waals surface area contributed by atoms with Crippen LogP contribution in [0.2, 0.25) is 5.02 Å². The van der Waals surface area contributed by atoms with Gasteiger partial charge in [-0.25, -0.2) is 4.98 Å². The first-order chi connectivity index (χ1) is 8.50. The van der Waals surface area contributed by atoms with Crippen LogP contribution in [0, 0.1) is 0 Å². The third-order valence-corrected chi connectivity index (χ3v) is 3.63. The highest BCUT2D eigenvalue weighted by Gasteiger charge is 2.33. The van der Waals surface area contributed by atoms with Crippen molar-refractivity contribution in [2.24, 2.45) is 7.05 Å². The first-order valence-electron chi connectivity index (χ1n) is 5.59. The molecular weight excluding hydrogens is 252 g/mol. The lowest BCUT2D eigenvalue weighted by molar-refractivity contribution is 0.625. The van der Waals surface area contributed by atoms with E-state index in [-0.39, 0.29) is 6.04 Å². The number of nitrogens with zero attached hydrogens (tertiary/aromatic N) is 5. The maximum atomic E-state index is 6.24. The molecule has 1 aliphatic rings. The number of hydrogen-bond acceptors (Lipinski definition) is 5. The molecule has 0 bridgehead atoms. The molecule has 1 atom stereocenters. The van der Waals surface area contributed by atoms with E-state index in [9.17, 15) is 0 Å². The SMILES string of the molecule is CC1c2nn(C)nc2-c2c(Cl)cnc(N)c2N1C. The van der Waals surface area contributed by atoms with Crippen molar-refractivity contribution in [3.8, 4) is 11.3 Å². The van der Waals surface area contributed by atoms with Crippen molar-refractivity contribution in [2.45, 2.75) is 13.0 Å². The average molecular weight is 265 g/mol. The van der Waals surface area contributed by atoms with Crippen molar-refractivity contribution in [3.05, 3.63) is 16.9 Å². The predicted molar refractivity (Wildman–Crippen MR) is 70.5 cm³/mol. The number of rotatable bonds is 0. The molecule has 3 rings (SSSR count). The number of anilines is 2. The molecule has 1 unspecified atom stereocenters. The Balaban J connectivity index is 2.40. The molecule has 18 heavy (non-hydrogen) atoms. The number of aromatic nitrogens is 4. The fourth-order valence-corrected chi connectivity index (χ4v) is 2.56. The second-order valence-corrected chi connectivity index (χ2v) is 4.83. The number of nitrogen functional groups attached to an aromatic ring is 1. The van der Waals surface area contributed by atoms with E-state index in [4.69, 9.17) is 17.3 Å². The maximum Gasteiger partial charge on any atom is 0.147 e. The molecule has 0 aromatic carbocycles. The average Bonchev–Trinajstić information content (AvgIpc) is 2.71. The van der Waals surface area contributed by atoms with Crippen molar-refractivity contribution < 1.29 is 0 Å². The van der Waals surface area contributed by atoms with Crippen molar-refractivity contribution in [3.63, 3.8) is 0 Å². The minimum Gasteiger partial charge on any atom is -0.382 e. The van der Waals surface area contributed by atoms with E-state index < -0.39 is 0 Å². The van der Waals surface area contributed by atoms with Crippen LogP contribution in [-0.4, -0.2) is 27.0 Å². The summed E-state index contributed by atoms with van der Waals surface area (Å²) >= 11 is 6.24. The molecule has 6 nitrogen and oxygen atoms in total. The standard InChI is InChI=1S/C11H13ClN6/c1-5-8-9(16-18(3)15-8)7-6(12)4-14-11(13)10(7)17(5)2/h4-5H,1-3H3,(H2,13,14). The lowest BCUT2D eigenvalue weighted by atomic mass is 9.99. The summed E-state index contributed by atoms with van der Waals surface area (Å²) in [6.07, 6.45) is 1.55. The highest BCUT2D eigenvalue weighted by molar-refractivity contribution is 6.34. The van der Waals surface area contributed by atoms with E-state index in [2.05, 4.69) is 22.1 Å². The second-order valence-electron chi connectivity index (χ2n) is 4.43. The fourth-order valence-electron chi connectivity index (χ4n) is 2.33. The van der Waals surface area contributed by atoms with Crippen LogP contribution >= 0.6 is 11.6 Å². The highest BCUT2D eigenvalue weighted by atomic mass is 35.5. The molecule has 0 radical (unpaired) electrons. The molecule has 7 heteroatoms. The molecular formula is C11H13ClN6. The maximum absolute atomic E-state index is 6.24. The van der Waals surface area contributed by atoms with Gasteiger partial charge < -0.3 is 10.6 Å². The highest BCUT2D eigenvalue weighted by Crippen LogP contribution is 2.47. The Hall–Kier alpha value is -1.82. The molecule has 2 aromatic heterocycles. The molecule has 0 saturated heterocycles. The molecule has 3 heterocycles. The summed E-state index contributed by atoms with van der Waals surface area (Å²) in [6, 6.07) is 0.0868. The first kappa shape index (κ1) is 11.3. The van der Waals surface area contributed by atoms with Crippen LogP contribution in [0.3, 0.4) is 0 Å². The Kier molecular flexibility index (Phi) is 2.25. The largest absolute Gasteiger partial charge is 0.382 e. The van der Waals surface area contributed by atoms with E-state index in [0.29, 0.717) is 10.8 Å². The number of nitrogens with two attached hydrogens (primary N) is 1. The minimum absolute atomic E-state index is 0.0868. The summed E-state index contributed by atoms with van der Waals surface area (Å²) in [5.74, 6) is 0.458. The summed E-state index contributed by atoms with van der Waals surface area (Å²) in [5.41, 5.74) is 9.29. The Morgan fingerprint density at radius 3 is 2.78 bits per heavy atom. The van der Waals surface area contributed by atoms with E-state index in [1.165, 1.54) is 0 Å². The van der Waals surface area contributed by atoms with Gasteiger partial charge >= 0.3 is 0 Å². The molecule has 2 N–H and O–H groups in total. The van der Waals surface area contributed by atoms with Gasteiger partial charge in [-0.1, -0.05) is 11.6 Å². The third-order valence-electron chi connectivity index (χ3n) is 3.34. The third kappa shape index (κ3) is 1.32. The number of aryl methyl sites for hydroxylation is 1. The predicted octanol–water partition coefficient (Wildman–Crippen LogP) is 1.62. The smallest absolute Gasteiger partial charge is 0.147 e. The monoisotopic (exact) mass is 264 g/mol. The first-order valence-corrected chi connectivity index (χ1v) is 5.97. The van der Waals surface area contributed by atoms with Gasteiger partial charge in [0, 0.05) is 20.3 Å². The molecule has 0 fully saturated rings. The van der Waals surface area contributed by atoms with E-state index in [0.717, 1.165) is 22.6 Å². The molecule has 94 valence electrons. The van der Waals surface area contributed by atoms with Gasteiger partial charge in [-0.2, -0.15) is 15.0 Å². The van der Waals surface area contributed by atoms with Crippen LogP contribution in [0.4, 0.5) is 11.5 Å². The normalized spacial score (nSPS) is 17.6. The van der Waals surface area contributed by atoms with Gasteiger partial charge in [-0.3, -0.25) is 0 Å². The molecule has 0 amide bonds. The van der Waals surface area contributed by atoms with E-state index >= 15 is 0 Å². The van der Waals surface area contributed by atoms with Gasteiger partial charge in [0.2, 0.25) is 0 Å². The van der Waals surface area contributed by atoms with E-state index in [1.807, 2.05) is 11.9 Å². The Bertz CT molecular complexity index is 635. The summed E-state index contributed by atoms with van der Waals surface area (Å²) in [5, 5.41) is 9.33. The van der Waals surface area contributed by atoms with Crippen LogP contribution in [0.1, 0.15) is 18.7 Å². The summed E-state index contributed by atoms with van der Waals surface area (Å²) in [4.78, 5) is 7.69. The van der Waals surface area contributed by atoms with Crippen LogP contribution in [0.15, 0.2) is 6.20 Å². The quantitative estimate of drug-likeness (QED) is 0.783. The Morgan fingerprint density at radius 2 is 2.06 bits per heavy atom. The van der Waals surface area contributed by atoms with Gasteiger partial charge in [0.15, 0.2) is 0 Å². The molecule has 1 aliphatic heterocycles. The van der Waals surface area contributed by atoms with Crippen LogP contribution in [0.5, 0.6) is 0 Å². The Morgan fingerprint density at radius 1 is 1.33 bits per heavy atom.